The highest BCUT2D eigenvalue weighted by Gasteiger charge is 2.14. The van der Waals surface area contributed by atoms with Gasteiger partial charge in [-0.25, -0.2) is 0 Å². The maximum absolute atomic E-state index is 12.0. The van der Waals surface area contributed by atoms with Crippen LogP contribution in [-0.4, -0.2) is 35.6 Å². The first-order valence-corrected chi connectivity index (χ1v) is 6.70. The molecular formula is C13H21N3O2. The SMILES string of the molecule is Cc1cc(NCCC(=O)N2CCCCCC2)no1. The Morgan fingerprint density at radius 2 is 2.11 bits per heavy atom. The van der Waals surface area contributed by atoms with Gasteiger partial charge in [0.05, 0.1) is 0 Å². The lowest BCUT2D eigenvalue weighted by molar-refractivity contribution is -0.130. The fraction of sp³-hybridized carbons (Fsp3) is 0.692. The number of carbonyl (C=O) groups is 1. The minimum Gasteiger partial charge on any atom is -0.367 e. The third-order valence-corrected chi connectivity index (χ3v) is 3.23. The van der Waals surface area contributed by atoms with E-state index in [1.807, 2.05) is 17.9 Å². The van der Waals surface area contributed by atoms with Crippen molar-refractivity contribution in [1.29, 1.82) is 0 Å². The highest BCUT2D eigenvalue weighted by molar-refractivity contribution is 5.76. The van der Waals surface area contributed by atoms with E-state index >= 15 is 0 Å². The Bertz CT molecular complexity index is 381. The molecule has 1 saturated heterocycles. The van der Waals surface area contributed by atoms with E-state index in [2.05, 4.69) is 10.5 Å². The maximum Gasteiger partial charge on any atom is 0.224 e. The second kappa shape index (κ2) is 6.42. The second-order valence-electron chi connectivity index (χ2n) is 4.79. The summed E-state index contributed by atoms with van der Waals surface area (Å²) in [6.45, 7) is 4.30. The summed E-state index contributed by atoms with van der Waals surface area (Å²) >= 11 is 0. The molecule has 0 bridgehead atoms. The average molecular weight is 251 g/mol. The molecular weight excluding hydrogens is 230 g/mol. The van der Waals surface area contributed by atoms with Gasteiger partial charge in [-0.3, -0.25) is 4.79 Å². The van der Waals surface area contributed by atoms with E-state index in [-0.39, 0.29) is 5.91 Å². The number of nitrogens with one attached hydrogen (secondary N) is 1. The first kappa shape index (κ1) is 12.9. The molecule has 1 aromatic heterocycles. The van der Waals surface area contributed by atoms with Gasteiger partial charge in [0.25, 0.3) is 0 Å². The normalized spacial score (nSPS) is 16.4. The largest absolute Gasteiger partial charge is 0.367 e. The zero-order valence-electron chi connectivity index (χ0n) is 10.9. The molecule has 0 saturated carbocycles. The highest BCUT2D eigenvalue weighted by Crippen LogP contribution is 2.11. The van der Waals surface area contributed by atoms with Crippen LogP contribution in [0.1, 0.15) is 37.9 Å². The molecule has 1 aromatic rings. The van der Waals surface area contributed by atoms with E-state index in [1.165, 1.54) is 12.8 Å². The predicted molar refractivity (Wildman–Crippen MR) is 69.4 cm³/mol. The molecule has 0 atom stereocenters. The van der Waals surface area contributed by atoms with Crippen LogP contribution in [0.15, 0.2) is 10.6 Å². The van der Waals surface area contributed by atoms with E-state index < -0.39 is 0 Å². The van der Waals surface area contributed by atoms with Gasteiger partial charge in [-0.1, -0.05) is 18.0 Å². The smallest absolute Gasteiger partial charge is 0.224 e. The lowest BCUT2D eigenvalue weighted by Crippen LogP contribution is -2.32. The van der Waals surface area contributed by atoms with Crippen molar-refractivity contribution in [2.45, 2.75) is 39.0 Å². The molecule has 0 aliphatic carbocycles. The highest BCUT2D eigenvalue weighted by atomic mass is 16.5. The number of amides is 1. The number of nitrogens with zero attached hydrogens (tertiary/aromatic N) is 2. The van der Waals surface area contributed by atoms with Crippen molar-refractivity contribution in [2.24, 2.45) is 0 Å². The standard InChI is InChI=1S/C13H21N3O2/c1-11-10-12(15-18-11)14-7-6-13(17)16-8-4-2-3-5-9-16/h10H,2-9H2,1H3,(H,14,15). The summed E-state index contributed by atoms with van der Waals surface area (Å²) in [6, 6.07) is 1.83. The topological polar surface area (TPSA) is 58.4 Å². The number of anilines is 1. The molecule has 0 aromatic carbocycles. The lowest BCUT2D eigenvalue weighted by Gasteiger charge is -2.20. The first-order chi connectivity index (χ1) is 8.75. The van der Waals surface area contributed by atoms with Gasteiger partial charge in [0.2, 0.25) is 5.91 Å². The molecule has 0 unspecified atom stereocenters. The number of likely N-dealkylation sites (tertiary alicyclic amines) is 1. The maximum atomic E-state index is 12.0. The van der Waals surface area contributed by atoms with Crippen LogP contribution in [0.4, 0.5) is 5.82 Å². The Morgan fingerprint density at radius 1 is 1.39 bits per heavy atom. The minimum absolute atomic E-state index is 0.240. The van der Waals surface area contributed by atoms with Gasteiger partial charge in [0.15, 0.2) is 5.82 Å². The summed E-state index contributed by atoms with van der Waals surface area (Å²) in [7, 11) is 0. The Hall–Kier alpha value is -1.52. The van der Waals surface area contributed by atoms with Crippen LogP contribution in [0.5, 0.6) is 0 Å². The van der Waals surface area contributed by atoms with Gasteiger partial charge in [-0.05, 0) is 19.8 Å². The summed E-state index contributed by atoms with van der Waals surface area (Å²) in [5.74, 6) is 1.72. The lowest BCUT2D eigenvalue weighted by atomic mass is 10.2. The van der Waals surface area contributed by atoms with E-state index in [0.29, 0.717) is 18.8 Å². The number of carbonyl (C=O) groups excluding carboxylic acids is 1. The molecule has 2 heterocycles. The fourth-order valence-corrected chi connectivity index (χ4v) is 2.23. The van der Waals surface area contributed by atoms with Crippen molar-refractivity contribution < 1.29 is 9.32 Å². The molecule has 18 heavy (non-hydrogen) atoms. The molecule has 0 radical (unpaired) electrons. The second-order valence-corrected chi connectivity index (χ2v) is 4.79. The van der Waals surface area contributed by atoms with Crippen LogP contribution in [-0.2, 0) is 4.79 Å². The Kier molecular flexibility index (Phi) is 4.61. The van der Waals surface area contributed by atoms with Crippen molar-refractivity contribution in [2.75, 3.05) is 25.0 Å². The van der Waals surface area contributed by atoms with Crippen LogP contribution in [0.2, 0.25) is 0 Å². The Balaban J connectivity index is 1.70. The Labute approximate surface area is 108 Å². The molecule has 1 aliphatic heterocycles. The number of rotatable bonds is 4. The molecule has 5 heteroatoms. The van der Waals surface area contributed by atoms with E-state index in [9.17, 15) is 4.79 Å². The summed E-state index contributed by atoms with van der Waals surface area (Å²) in [6.07, 6.45) is 5.30. The van der Waals surface area contributed by atoms with Gasteiger partial charge in [-0.15, -0.1) is 0 Å². The van der Waals surface area contributed by atoms with Gasteiger partial charge in [0, 0.05) is 32.1 Å². The zero-order valence-corrected chi connectivity index (χ0v) is 10.9. The quantitative estimate of drug-likeness (QED) is 0.891. The van der Waals surface area contributed by atoms with Crippen molar-refractivity contribution in [1.82, 2.24) is 10.1 Å². The summed E-state index contributed by atoms with van der Waals surface area (Å²) in [5, 5.41) is 6.93. The molecule has 5 nitrogen and oxygen atoms in total. The molecule has 1 N–H and O–H groups in total. The molecule has 2 rings (SSSR count). The molecule has 1 fully saturated rings. The van der Waals surface area contributed by atoms with Gasteiger partial charge >= 0.3 is 0 Å². The van der Waals surface area contributed by atoms with Crippen molar-refractivity contribution in [3.05, 3.63) is 11.8 Å². The summed E-state index contributed by atoms with van der Waals surface area (Å²) < 4.78 is 4.95. The number of aromatic nitrogens is 1. The van der Waals surface area contributed by atoms with Crippen LogP contribution in [0, 0.1) is 6.92 Å². The zero-order chi connectivity index (χ0) is 12.8. The third kappa shape index (κ3) is 3.75. The number of hydrogen-bond acceptors (Lipinski definition) is 4. The van der Waals surface area contributed by atoms with E-state index in [4.69, 9.17) is 4.52 Å². The van der Waals surface area contributed by atoms with Crippen LogP contribution in [0.3, 0.4) is 0 Å². The van der Waals surface area contributed by atoms with E-state index in [0.717, 1.165) is 31.7 Å². The van der Waals surface area contributed by atoms with Crippen LogP contribution >= 0.6 is 0 Å². The fourth-order valence-electron chi connectivity index (χ4n) is 2.23. The van der Waals surface area contributed by atoms with E-state index in [1.54, 1.807) is 0 Å². The molecule has 1 aliphatic rings. The molecule has 100 valence electrons. The minimum atomic E-state index is 0.240. The molecule has 1 amide bonds. The van der Waals surface area contributed by atoms with Crippen molar-refractivity contribution >= 4 is 11.7 Å². The van der Waals surface area contributed by atoms with Gasteiger partial charge in [0.1, 0.15) is 5.76 Å². The first-order valence-electron chi connectivity index (χ1n) is 6.70. The predicted octanol–water partition coefficient (Wildman–Crippen LogP) is 2.19. The number of aryl methyl sites for hydroxylation is 1. The average Bonchev–Trinajstić information content (AvgIpc) is 2.63. The summed E-state index contributed by atoms with van der Waals surface area (Å²) in [5.41, 5.74) is 0. The van der Waals surface area contributed by atoms with Crippen LogP contribution < -0.4 is 5.32 Å². The molecule has 0 spiro atoms. The summed E-state index contributed by atoms with van der Waals surface area (Å²) in [4.78, 5) is 14.0. The van der Waals surface area contributed by atoms with Crippen molar-refractivity contribution in [3.63, 3.8) is 0 Å². The Morgan fingerprint density at radius 3 is 2.72 bits per heavy atom. The third-order valence-electron chi connectivity index (χ3n) is 3.23. The van der Waals surface area contributed by atoms with Gasteiger partial charge < -0.3 is 14.7 Å². The monoisotopic (exact) mass is 251 g/mol. The van der Waals surface area contributed by atoms with Crippen molar-refractivity contribution in [3.8, 4) is 0 Å². The van der Waals surface area contributed by atoms with Gasteiger partial charge in [-0.2, -0.15) is 0 Å². The van der Waals surface area contributed by atoms with Crippen LogP contribution in [0.25, 0.3) is 0 Å². The number of hydrogen-bond donors (Lipinski definition) is 1.